The fraction of sp³-hybridized carbons (Fsp3) is 0.0789. The van der Waals surface area contributed by atoms with Crippen molar-refractivity contribution in [3.63, 3.8) is 0 Å². The van der Waals surface area contributed by atoms with E-state index in [4.69, 9.17) is 0 Å². The summed E-state index contributed by atoms with van der Waals surface area (Å²) in [5, 5.41) is 0. The second-order valence-electron chi connectivity index (χ2n) is 21.8. The summed E-state index contributed by atoms with van der Waals surface area (Å²) in [6.07, 6.45) is 8.97. The van der Waals surface area contributed by atoms with Crippen LogP contribution >= 0.6 is 0 Å². The van der Waals surface area contributed by atoms with Gasteiger partial charge >= 0.3 is 0 Å². The lowest BCUT2D eigenvalue weighted by atomic mass is 9.81. The quantitative estimate of drug-likeness (QED) is 0.113. The van der Waals surface area contributed by atoms with E-state index in [9.17, 15) is 0 Å². The molecule has 13 rings (SSSR count). The third-order valence-corrected chi connectivity index (χ3v) is 16.3. The summed E-state index contributed by atoms with van der Waals surface area (Å²) in [4.78, 5) is 4.75. The third-order valence-electron chi connectivity index (χ3n) is 16.3. The van der Waals surface area contributed by atoms with Crippen molar-refractivity contribution in [2.45, 2.75) is 38.5 Å². The first-order chi connectivity index (χ1) is 38.2. The molecule has 2 heteroatoms. The zero-order valence-corrected chi connectivity index (χ0v) is 44.6. The minimum Gasteiger partial charge on any atom is -0.310 e. The predicted molar refractivity (Wildman–Crippen MR) is 333 cm³/mol. The van der Waals surface area contributed by atoms with E-state index in [1.165, 1.54) is 89.0 Å². The molecule has 11 aromatic rings. The van der Waals surface area contributed by atoms with Gasteiger partial charge in [0.25, 0.3) is 0 Å². The Morgan fingerprint density at radius 2 is 0.487 bits per heavy atom. The molecule has 2 aliphatic rings. The second kappa shape index (κ2) is 19.9. The van der Waals surface area contributed by atoms with Gasteiger partial charge in [0.15, 0.2) is 0 Å². The summed E-state index contributed by atoms with van der Waals surface area (Å²) in [5.74, 6) is 0. The topological polar surface area (TPSA) is 6.48 Å². The van der Waals surface area contributed by atoms with Crippen molar-refractivity contribution in [1.82, 2.24) is 0 Å². The van der Waals surface area contributed by atoms with Gasteiger partial charge in [-0.25, -0.2) is 0 Å². The molecule has 0 atom stereocenters. The molecule has 0 heterocycles. The summed E-state index contributed by atoms with van der Waals surface area (Å²) in [5.41, 5.74) is 26.7. The fourth-order valence-corrected chi connectivity index (χ4v) is 12.0. The Balaban J connectivity index is 0.705. The molecule has 0 spiro atoms. The lowest BCUT2D eigenvalue weighted by molar-refractivity contribution is 0.660. The number of hydrogen-bond acceptors (Lipinski definition) is 2. The standard InChI is InChI=1S/C76H60N2/c1-75(2)71-49-55(33-45-67(71)69-47-43-65(51-73(69)75)77(61-21-13-7-14-22-61)63-39-35-59(36-40-63)57-17-9-5-10-18-57)31-29-53-25-27-54(28-26-53)30-32-56-34-46-68-70-48-44-66(52-74(70)76(3,4)72(68)50-56)78(62-23-15-8-16-24-62)64-41-37-60(38-42-64)58-19-11-6-12-20-58/h5-52H,1-4H3. The first-order valence-corrected chi connectivity index (χ1v) is 27.2. The molecule has 0 aromatic heterocycles. The Labute approximate surface area is 460 Å². The molecule has 11 aromatic carbocycles. The number of hydrogen-bond donors (Lipinski definition) is 0. The first kappa shape index (κ1) is 48.2. The zero-order valence-electron chi connectivity index (χ0n) is 44.6. The average molecular weight is 1000 g/mol. The molecule has 0 saturated heterocycles. The lowest BCUT2D eigenvalue weighted by Gasteiger charge is -2.28. The highest BCUT2D eigenvalue weighted by Crippen LogP contribution is 2.53. The maximum Gasteiger partial charge on any atom is 0.0465 e. The van der Waals surface area contributed by atoms with Crippen molar-refractivity contribution < 1.29 is 0 Å². The molecule has 0 saturated carbocycles. The van der Waals surface area contributed by atoms with Gasteiger partial charge in [-0.2, -0.15) is 0 Å². The minimum atomic E-state index is -0.179. The molecule has 2 aliphatic carbocycles. The van der Waals surface area contributed by atoms with Gasteiger partial charge in [-0.1, -0.05) is 246 Å². The molecular weight excluding hydrogens is 941 g/mol. The maximum atomic E-state index is 2.41. The number of anilines is 6. The van der Waals surface area contributed by atoms with Crippen molar-refractivity contribution in [2.75, 3.05) is 9.80 Å². The number of benzene rings is 11. The van der Waals surface area contributed by atoms with Crippen LogP contribution in [0.5, 0.6) is 0 Å². The van der Waals surface area contributed by atoms with Crippen LogP contribution in [0.2, 0.25) is 0 Å². The first-order valence-electron chi connectivity index (χ1n) is 27.2. The van der Waals surface area contributed by atoms with Gasteiger partial charge in [0, 0.05) is 45.0 Å². The Hall–Kier alpha value is -9.50. The average Bonchev–Trinajstić information content (AvgIpc) is 4.00. The molecule has 0 bridgehead atoms. The van der Waals surface area contributed by atoms with Gasteiger partial charge in [0.2, 0.25) is 0 Å². The molecule has 0 N–H and O–H groups in total. The number of nitrogens with zero attached hydrogens (tertiary/aromatic N) is 2. The van der Waals surface area contributed by atoms with E-state index in [2.05, 4.69) is 329 Å². The van der Waals surface area contributed by atoms with E-state index in [1.54, 1.807) is 0 Å². The van der Waals surface area contributed by atoms with Crippen LogP contribution in [0.25, 0.3) is 68.8 Å². The fourth-order valence-electron chi connectivity index (χ4n) is 12.0. The zero-order chi connectivity index (χ0) is 52.8. The molecule has 374 valence electrons. The van der Waals surface area contributed by atoms with Crippen LogP contribution in [0.4, 0.5) is 34.1 Å². The Bertz CT molecular complexity index is 3750. The van der Waals surface area contributed by atoms with Crippen molar-refractivity contribution in [3.05, 3.63) is 311 Å². The number of fused-ring (bicyclic) bond motifs is 6. The van der Waals surface area contributed by atoms with Gasteiger partial charge in [0.05, 0.1) is 0 Å². The van der Waals surface area contributed by atoms with Crippen LogP contribution in [0, 0.1) is 0 Å². The normalized spacial score (nSPS) is 13.5. The molecular formula is C76H60N2. The van der Waals surface area contributed by atoms with E-state index in [0.717, 1.165) is 34.1 Å². The van der Waals surface area contributed by atoms with Crippen LogP contribution in [-0.4, -0.2) is 0 Å². The SMILES string of the molecule is CC1(C)c2cc(C=Cc3ccc(C=Cc4ccc5c(c4)C(C)(C)c4cc(N(c6ccccc6)c6ccc(-c7ccccc7)cc6)ccc4-5)cc3)ccc2-c2ccc(N(c3ccccc3)c3ccc(-c4ccccc4)cc3)cc21. The molecule has 78 heavy (non-hydrogen) atoms. The maximum absolute atomic E-state index is 2.41. The molecule has 0 unspecified atom stereocenters. The van der Waals surface area contributed by atoms with Crippen molar-refractivity contribution >= 4 is 58.4 Å². The van der Waals surface area contributed by atoms with E-state index in [-0.39, 0.29) is 10.8 Å². The molecule has 0 fully saturated rings. The minimum absolute atomic E-state index is 0.179. The molecule has 0 aliphatic heterocycles. The summed E-state index contributed by atoms with van der Waals surface area (Å²) in [6, 6.07) is 97.3. The van der Waals surface area contributed by atoms with Gasteiger partial charge in [-0.3, -0.25) is 0 Å². The monoisotopic (exact) mass is 1000 g/mol. The van der Waals surface area contributed by atoms with Crippen LogP contribution in [0.1, 0.15) is 72.2 Å². The predicted octanol–water partition coefficient (Wildman–Crippen LogP) is 20.9. The highest BCUT2D eigenvalue weighted by atomic mass is 15.1. The summed E-state index contributed by atoms with van der Waals surface area (Å²) >= 11 is 0. The summed E-state index contributed by atoms with van der Waals surface area (Å²) in [6.45, 7) is 9.48. The van der Waals surface area contributed by atoms with Crippen molar-refractivity contribution in [1.29, 1.82) is 0 Å². The smallest absolute Gasteiger partial charge is 0.0465 e. The van der Waals surface area contributed by atoms with E-state index in [1.807, 2.05) is 0 Å². The summed E-state index contributed by atoms with van der Waals surface area (Å²) < 4.78 is 0. The van der Waals surface area contributed by atoms with Crippen molar-refractivity contribution in [2.24, 2.45) is 0 Å². The van der Waals surface area contributed by atoms with Crippen molar-refractivity contribution in [3.8, 4) is 44.5 Å². The third kappa shape index (κ3) is 8.95. The van der Waals surface area contributed by atoms with E-state index < -0.39 is 0 Å². The van der Waals surface area contributed by atoms with Crippen LogP contribution < -0.4 is 9.80 Å². The second-order valence-corrected chi connectivity index (χ2v) is 21.8. The highest BCUT2D eigenvalue weighted by molar-refractivity contribution is 5.89. The molecule has 0 radical (unpaired) electrons. The highest BCUT2D eigenvalue weighted by Gasteiger charge is 2.37. The lowest BCUT2D eigenvalue weighted by Crippen LogP contribution is -2.16. The van der Waals surface area contributed by atoms with E-state index >= 15 is 0 Å². The number of para-hydroxylation sites is 2. The Morgan fingerprint density at radius 1 is 0.231 bits per heavy atom. The molecule has 2 nitrogen and oxygen atoms in total. The Morgan fingerprint density at radius 3 is 0.846 bits per heavy atom. The van der Waals surface area contributed by atoms with Gasteiger partial charge in [-0.15, -0.1) is 0 Å². The largest absolute Gasteiger partial charge is 0.310 e. The number of rotatable bonds is 12. The van der Waals surface area contributed by atoms with Gasteiger partial charge in [0.1, 0.15) is 0 Å². The van der Waals surface area contributed by atoms with E-state index in [0.29, 0.717) is 0 Å². The van der Waals surface area contributed by atoms with Gasteiger partial charge < -0.3 is 9.80 Å². The summed E-state index contributed by atoms with van der Waals surface area (Å²) in [7, 11) is 0. The van der Waals surface area contributed by atoms with Crippen LogP contribution in [0.15, 0.2) is 267 Å². The Kier molecular flexibility index (Phi) is 12.3. The van der Waals surface area contributed by atoms with Gasteiger partial charge in [-0.05, 0) is 162 Å². The van der Waals surface area contributed by atoms with Crippen LogP contribution in [-0.2, 0) is 10.8 Å². The van der Waals surface area contributed by atoms with Crippen LogP contribution in [0.3, 0.4) is 0 Å². The molecule has 0 amide bonds.